The van der Waals surface area contributed by atoms with Crippen LogP contribution < -0.4 is 15.8 Å². The number of nitrogen functional groups attached to an aromatic ring is 1. The van der Waals surface area contributed by atoms with Crippen LogP contribution in [0.4, 0.5) is 17.2 Å². The molecule has 0 spiro atoms. The van der Waals surface area contributed by atoms with E-state index >= 15 is 0 Å². The summed E-state index contributed by atoms with van der Waals surface area (Å²) < 4.78 is 5.42. The fourth-order valence-corrected chi connectivity index (χ4v) is 1.76. The van der Waals surface area contributed by atoms with Gasteiger partial charge in [0.05, 0.1) is 17.7 Å². The van der Waals surface area contributed by atoms with Crippen LogP contribution in [0.1, 0.15) is 18.9 Å². The molecular weight excluding hydrogens is 274 g/mol. The lowest BCUT2D eigenvalue weighted by Crippen LogP contribution is -2.03. The Balaban J connectivity index is 2.13. The first-order chi connectivity index (χ1) is 10.1. The Morgan fingerprint density at radius 3 is 2.95 bits per heavy atom. The van der Waals surface area contributed by atoms with E-state index in [1.54, 1.807) is 18.3 Å². The number of benzene rings is 1. The van der Waals surface area contributed by atoms with Crippen LogP contribution >= 0.6 is 0 Å². The maximum atomic E-state index is 11.0. The van der Waals surface area contributed by atoms with Gasteiger partial charge in [-0.25, -0.2) is 0 Å². The van der Waals surface area contributed by atoms with Crippen LogP contribution in [0, 0.1) is 10.1 Å². The highest BCUT2D eigenvalue weighted by Crippen LogP contribution is 2.30. The van der Waals surface area contributed by atoms with Crippen molar-refractivity contribution < 1.29 is 9.66 Å². The van der Waals surface area contributed by atoms with Gasteiger partial charge in [0.25, 0.3) is 0 Å². The number of nitrogens with two attached hydrogens (primary N) is 1. The number of nitrogens with zero attached hydrogens (tertiary/aromatic N) is 2. The average molecular weight is 291 g/mol. The van der Waals surface area contributed by atoms with Gasteiger partial charge in [-0.15, -0.1) is 0 Å². The standard InChI is InChI=1S/C13H17N5O3/c1-2-5-21-12-6-10(3-4-11(12)18(19)20)15-7-9-8-16-17-13(9)14/h3-4,6,8,15H,2,5,7H2,1H3,(H3,14,16,17). The van der Waals surface area contributed by atoms with E-state index in [9.17, 15) is 10.1 Å². The summed E-state index contributed by atoms with van der Waals surface area (Å²) in [5.41, 5.74) is 7.19. The molecule has 0 aliphatic rings. The monoisotopic (exact) mass is 291 g/mol. The zero-order valence-corrected chi connectivity index (χ0v) is 11.6. The number of H-pyrrole nitrogens is 1. The number of nitro groups is 1. The Morgan fingerprint density at radius 2 is 2.33 bits per heavy atom. The SMILES string of the molecule is CCCOc1cc(NCc2cn[nH]c2N)ccc1[N+](=O)[O-]. The Hall–Kier alpha value is -2.77. The third kappa shape index (κ3) is 3.62. The number of nitrogens with one attached hydrogen (secondary N) is 2. The lowest BCUT2D eigenvalue weighted by atomic mass is 10.2. The number of rotatable bonds is 7. The summed E-state index contributed by atoms with van der Waals surface area (Å²) >= 11 is 0. The van der Waals surface area contributed by atoms with Crippen LogP contribution in [0.25, 0.3) is 0 Å². The lowest BCUT2D eigenvalue weighted by Gasteiger charge is -2.09. The first-order valence-corrected chi connectivity index (χ1v) is 6.54. The molecule has 112 valence electrons. The van der Waals surface area contributed by atoms with Crippen LogP contribution in [0.15, 0.2) is 24.4 Å². The van der Waals surface area contributed by atoms with Crippen molar-refractivity contribution >= 4 is 17.2 Å². The topological polar surface area (TPSA) is 119 Å². The van der Waals surface area contributed by atoms with Crippen LogP contribution in [0.5, 0.6) is 5.75 Å². The molecule has 0 atom stereocenters. The molecule has 0 radical (unpaired) electrons. The minimum Gasteiger partial charge on any atom is -0.487 e. The molecule has 1 heterocycles. The molecule has 0 amide bonds. The first-order valence-electron chi connectivity index (χ1n) is 6.54. The van der Waals surface area contributed by atoms with E-state index in [1.807, 2.05) is 6.92 Å². The Kier molecular flexibility index (Phi) is 4.60. The van der Waals surface area contributed by atoms with Crippen LogP contribution in [-0.4, -0.2) is 21.7 Å². The average Bonchev–Trinajstić information content (AvgIpc) is 2.88. The van der Waals surface area contributed by atoms with Crippen molar-refractivity contribution in [1.82, 2.24) is 10.2 Å². The van der Waals surface area contributed by atoms with Gasteiger partial charge < -0.3 is 15.8 Å². The Morgan fingerprint density at radius 1 is 1.52 bits per heavy atom. The molecule has 0 saturated heterocycles. The number of hydrogen-bond donors (Lipinski definition) is 3. The summed E-state index contributed by atoms with van der Waals surface area (Å²) in [7, 11) is 0. The number of aromatic amines is 1. The van der Waals surface area contributed by atoms with Gasteiger partial charge in [-0.05, 0) is 12.5 Å². The molecule has 2 rings (SSSR count). The van der Waals surface area contributed by atoms with E-state index in [4.69, 9.17) is 10.5 Å². The smallest absolute Gasteiger partial charge is 0.311 e. The van der Waals surface area contributed by atoms with Gasteiger partial charge in [-0.3, -0.25) is 15.2 Å². The predicted octanol–water partition coefficient (Wildman–Crippen LogP) is 2.30. The molecule has 0 bridgehead atoms. The number of nitro benzene ring substituents is 1. The summed E-state index contributed by atoms with van der Waals surface area (Å²) in [6.45, 7) is 2.84. The summed E-state index contributed by atoms with van der Waals surface area (Å²) in [6.07, 6.45) is 2.41. The molecule has 0 unspecified atom stereocenters. The van der Waals surface area contributed by atoms with Crippen molar-refractivity contribution in [2.45, 2.75) is 19.9 Å². The van der Waals surface area contributed by atoms with Gasteiger partial charge in [0, 0.05) is 29.9 Å². The maximum absolute atomic E-state index is 11.0. The molecule has 1 aromatic heterocycles. The number of aromatic nitrogens is 2. The molecule has 0 aliphatic carbocycles. The van der Waals surface area contributed by atoms with Crippen molar-refractivity contribution in [2.24, 2.45) is 0 Å². The largest absolute Gasteiger partial charge is 0.487 e. The highest BCUT2D eigenvalue weighted by Gasteiger charge is 2.15. The predicted molar refractivity (Wildman–Crippen MR) is 79.2 cm³/mol. The molecule has 8 nitrogen and oxygen atoms in total. The highest BCUT2D eigenvalue weighted by molar-refractivity contribution is 5.58. The van der Waals surface area contributed by atoms with Crippen molar-refractivity contribution in [3.05, 3.63) is 40.1 Å². The molecule has 0 aliphatic heterocycles. The van der Waals surface area contributed by atoms with E-state index in [-0.39, 0.29) is 11.4 Å². The summed E-state index contributed by atoms with van der Waals surface area (Å²) in [4.78, 5) is 10.5. The molecule has 8 heteroatoms. The molecule has 1 aromatic carbocycles. The molecular formula is C13H17N5O3. The molecule has 0 fully saturated rings. The molecule has 4 N–H and O–H groups in total. The molecule has 2 aromatic rings. The zero-order chi connectivity index (χ0) is 15.2. The van der Waals surface area contributed by atoms with Gasteiger partial charge in [0.15, 0.2) is 5.75 Å². The fourth-order valence-electron chi connectivity index (χ4n) is 1.76. The van der Waals surface area contributed by atoms with Gasteiger partial charge in [-0.2, -0.15) is 5.10 Å². The van der Waals surface area contributed by atoms with Crippen molar-refractivity contribution in [3.8, 4) is 5.75 Å². The van der Waals surface area contributed by atoms with E-state index < -0.39 is 4.92 Å². The van der Waals surface area contributed by atoms with E-state index in [0.29, 0.717) is 24.7 Å². The normalized spacial score (nSPS) is 10.3. The minimum atomic E-state index is -0.456. The van der Waals surface area contributed by atoms with E-state index in [2.05, 4.69) is 15.5 Å². The van der Waals surface area contributed by atoms with Crippen LogP contribution in [0.2, 0.25) is 0 Å². The maximum Gasteiger partial charge on any atom is 0.311 e. The fraction of sp³-hybridized carbons (Fsp3) is 0.308. The van der Waals surface area contributed by atoms with Crippen LogP contribution in [-0.2, 0) is 6.54 Å². The Labute approximate surface area is 121 Å². The quantitative estimate of drug-likeness (QED) is 0.532. The lowest BCUT2D eigenvalue weighted by molar-refractivity contribution is -0.385. The summed E-state index contributed by atoms with van der Waals surface area (Å²) in [6, 6.07) is 4.67. The number of hydrogen-bond acceptors (Lipinski definition) is 6. The Bertz CT molecular complexity index is 626. The number of anilines is 2. The van der Waals surface area contributed by atoms with Crippen molar-refractivity contribution in [3.63, 3.8) is 0 Å². The van der Waals surface area contributed by atoms with Crippen molar-refractivity contribution in [2.75, 3.05) is 17.7 Å². The third-order valence-corrected chi connectivity index (χ3v) is 2.85. The summed E-state index contributed by atoms with van der Waals surface area (Å²) in [5, 5.41) is 20.6. The van der Waals surface area contributed by atoms with E-state index in [0.717, 1.165) is 12.0 Å². The second-order valence-corrected chi connectivity index (χ2v) is 4.45. The van der Waals surface area contributed by atoms with Gasteiger partial charge in [0.1, 0.15) is 5.82 Å². The zero-order valence-electron chi connectivity index (χ0n) is 11.6. The van der Waals surface area contributed by atoms with Gasteiger partial charge >= 0.3 is 5.69 Å². The third-order valence-electron chi connectivity index (χ3n) is 2.85. The van der Waals surface area contributed by atoms with E-state index in [1.165, 1.54) is 6.07 Å². The minimum absolute atomic E-state index is 0.0446. The second kappa shape index (κ2) is 6.60. The number of ether oxygens (including phenoxy) is 1. The van der Waals surface area contributed by atoms with Crippen LogP contribution in [0.3, 0.4) is 0 Å². The van der Waals surface area contributed by atoms with Crippen molar-refractivity contribution in [1.29, 1.82) is 0 Å². The first kappa shape index (κ1) is 14.6. The van der Waals surface area contributed by atoms with Gasteiger partial charge in [0.2, 0.25) is 0 Å². The molecule has 21 heavy (non-hydrogen) atoms. The summed E-state index contributed by atoms with van der Waals surface area (Å²) in [5.74, 6) is 0.749. The second-order valence-electron chi connectivity index (χ2n) is 4.45. The van der Waals surface area contributed by atoms with Gasteiger partial charge in [-0.1, -0.05) is 6.92 Å². The molecule has 0 saturated carbocycles. The highest BCUT2D eigenvalue weighted by atomic mass is 16.6.